The minimum Gasteiger partial charge on any atom is -0.501 e. The first-order chi connectivity index (χ1) is 16.5. The summed E-state index contributed by atoms with van der Waals surface area (Å²) in [6, 6.07) is 5.13. The summed E-state index contributed by atoms with van der Waals surface area (Å²) in [5.41, 5.74) is -1.85. The van der Waals surface area contributed by atoms with E-state index in [1.807, 2.05) is 0 Å². The molecule has 35 heavy (non-hydrogen) atoms. The van der Waals surface area contributed by atoms with Crippen LogP contribution in [0.2, 0.25) is 0 Å². The highest BCUT2D eigenvalue weighted by atomic mass is 19.1. The molecular weight excluding hydrogens is 459 g/mol. The molecule has 2 bridgehead atoms. The molecule has 1 fully saturated rings. The van der Waals surface area contributed by atoms with Gasteiger partial charge in [-0.25, -0.2) is 9.37 Å². The van der Waals surface area contributed by atoms with Gasteiger partial charge in [0.1, 0.15) is 17.2 Å². The number of aromatic nitrogens is 2. The van der Waals surface area contributed by atoms with Crippen LogP contribution in [0.4, 0.5) is 4.39 Å². The van der Waals surface area contributed by atoms with Crippen molar-refractivity contribution in [3.8, 4) is 5.75 Å². The Bertz CT molecular complexity index is 1230. The summed E-state index contributed by atoms with van der Waals surface area (Å²) >= 11 is 0. The molecular formula is C24H27FN4O6. The molecule has 0 spiro atoms. The van der Waals surface area contributed by atoms with Crippen LogP contribution in [0, 0.1) is 5.82 Å². The van der Waals surface area contributed by atoms with Crippen LogP contribution in [0.15, 0.2) is 29.1 Å². The van der Waals surface area contributed by atoms with Crippen LogP contribution in [0.3, 0.4) is 0 Å². The lowest BCUT2D eigenvalue weighted by atomic mass is 9.89. The second-order valence-electron chi connectivity index (χ2n) is 9.22. The first-order valence-corrected chi connectivity index (χ1v) is 11.3. The Kier molecular flexibility index (Phi) is 6.46. The van der Waals surface area contributed by atoms with Gasteiger partial charge in [0, 0.05) is 20.5 Å². The number of nitrogens with one attached hydrogen (secondary N) is 1. The molecule has 0 saturated carbocycles. The molecule has 4 heterocycles. The van der Waals surface area contributed by atoms with Crippen LogP contribution in [0.1, 0.15) is 54.1 Å². The van der Waals surface area contributed by atoms with E-state index in [4.69, 9.17) is 4.74 Å². The van der Waals surface area contributed by atoms with Gasteiger partial charge in [0.25, 0.3) is 5.56 Å². The second-order valence-corrected chi connectivity index (χ2v) is 9.22. The van der Waals surface area contributed by atoms with Gasteiger partial charge in [0.2, 0.25) is 5.75 Å². The van der Waals surface area contributed by atoms with E-state index in [1.54, 1.807) is 19.1 Å². The van der Waals surface area contributed by atoms with Crippen LogP contribution in [0.25, 0.3) is 0 Å². The van der Waals surface area contributed by atoms with Crippen LogP contribution < -0.4 is 10.9 Å². The SMILES string of the molecule is CC1C2CCC(NC(=O)C(=O)N(C)C)(CO2)c2nc(C(=O)CCc3ccc(F)cc3)c(O)c(=O)n21. The summed E-state index contributed by atoms with van der Waals surface area (Å²) < 4.78 is 20.3. The summed E-state index contributed by atoms with van der Waals surface area (Å²) in [6.45, 7) is 1.69. The maximum atomic E-state index is 13.2. The number of amides is 2. The van der Waals surface area contributed by atoms with E-state index < -0.39 is 52.0 Å². The number of rotatable bonds is 5. The number of benzene rings is 1. The lowest BCUT2D eigenvalue weighted by Crippen LogP contribution is -2.56. The van der Waals surface area contributed by atoms with Crippen molar-refractivity contribution in [1.29, 1.82) is 0 Å². The van der Waals surface area contributed by atoms with Crippen molar-refractivity contribution in [3.63, 3.8) is 0 Å². The third-order valence-electron chi connectivity index (χ3n) is 6.64. The lowest BCUT2D eigenvalue weighted by Gasteiger charge is -2.37. The molecule has 3 atom stereocenters. The number of aryl methyl sites for hydroxylation is 1. The fourth-order valence-corrected chi connectivity index (χ4v) is 4.61. The number of ketones is 1. The average Bonchev–Trinajstić information content (AvgIpc) is 3.01. The Labute approximate surface area is 200 Å². The van der Waals surface area contributed by atoms with E-state index in [0.717, 1.165) is 4.90 Å². The molecule has 2 N–H and O–H groups in total. The van der Waals surface area contributed by atoms with Gasteiger partial charge in [0.15, 0.2) is 11.5 Å². The van der Waals surface area contributed by atoms with E-state index >= 15 is 0 Å². The minimum absolute atomic E-state index is 0.0467. The highest BCUT2D eigenvalue weighted by Crippen LogP contribution is 2.40. The first-order valence-electron chi connectivity index (χ1n) is 11.3. The maximum Gasteiger partial charge on any atom is 0.311 e. The topological polar surface area (TPSA) is 131 Å². The van der Waals surface area contributed by atoms with Gasteiger partial charge >= 0.3 is 11.8 Å². The molecule has 11 heteroatoms. The molecule has 3 aliphatic heterocycles. The summed E-state index contributed by atoms with van der Waals surface area (Å²) in [7, 11) is 2.88. The van der Waals surface area contributed by atoms with Crippen molar-refractivity contribution in [3.05, 3.63) is 57.5 Å². The molecule has 0 aliphatic carbocycles. The van der Waals surface area contributed by atoms with E-state index in [9.17, 15) is 28.7 Å². The molecule has 10 nitrogen and oxygen atoms in total. The third kappa shape index (κ3) is 4.43. The van der Waals surface area contributed by atoms with Gasteiger partial charge < -0.3 is 20.1 Å². The van der Waals surface area contributed by atoms with Crippen LogP contribution in [0.5, 0.6) is 5.75 Å². The first kappa shape index (κ1) is 24.5. The Morgan fingerprint density at radius 2 is 1.97 bits per heavy atom. The summed E-state index contributed by atoms with van der Waals surface area (Å²) in [5.74, 6) is -3.38. The highest BCUT2D eigenvalue weighted by Gasteiger charge is 2.49. The highest BCUT2D eigenvalue weighted by molar-refractivity contribution is 6.35. The molecule has 186 valence electrons. The quantitative estimate of drug-likeness (QED) is 0.477. The molecule has 1 aromatic carbocycles. The zero-order valence-corrected chi connectivity index (χ0v) is 19.7. The van der Waals surface area contributed by atoms with Crippen molar-refractivity contribution < 1.29 is 28.6 Å². The monoisotopic (exact) mass is 486 g/mol. The fourth-order valence-electron chi connectivity index (χ4n) is 4.61. The van der Waals surface area contributed by atoms with E-state index in [1.165, 1.54) is 30.8 Å². The number of ether oxygens (including phenoxy) is 1. The fraction of sp³-hybridized carbons (Fsp3) is 0.458. The Morgan fingerprint density at radius 3 is 2.57 bits per heavy atom. The number of Topliss-reactive ketones (excluding diaryl/α,β-unsaturated/α-hetero) is 1. The van der Waals surface area contributed by atoms with E-state index in [2.05, 4.69) is 10.3 Å². The third-order valence-corrected chi connectivity index (χ3v) is 6.64. The average molecular weight is 487 g/mol. The maximum absolute atomic E-state index is 13.2. The number of likely N-dealkylation sites (N-methyl/N-ethyl adjacent to an activating group) is 1. The minimum atomic E-state index is -1.33. The van der Waals surface area contributed by atoms with Crippen molar-refractivity contribution in [2.45, 2.75) is 50.3 Å². The molecule has 1 aromatic heterocycles. The predicted octanol–water partition coefficient (Wildman–Crippen LogP) is 1.06. The smallest absolute Gasteiger partial charge is 0.311 e. The summed E-state index contributed by atoms with van der Waals surface area (Å²) in [6.07, 6.45) is 0.593. The normalized spacial score (nSPS) is 22.7. The Morgan fingerprint density at radius 1 is 1.29 bits per heavy atom. The molecule has 1 saturated heterocycles. The van der Waals surface area contributed by atoms with Crippen LogP contribution in [-0.4, -0.2) is 64.0 Å². The lowest BCUT2D eigenvalue weighted by molar-refractivity contribution is -0.147. The number of carbonyl (C=O) groups is 3. The summed E-state index contributed by atoms with van der Waals surface area (Å²) in [5, 5.41) is 13.3. The van der Waals surface area contributed by atoms with Crippen LogP contribution in [-0.2, 0) is 26.3 Å². The standard InChI is InChI=1S/C24H27FN4O6/c1-13-17-10-11-24(12-35-17,27-20(32)22(34)28(2)3)23-26-18(19(31)21(33)29(13)23)16(30)9-6-14-4-7-15(25)8-5-14/h4-5,7-8,13,17,31H,6,9-12H2,1-3H3,(H,27,32). The number of fused-ring (bicyclic) bond motifs is 2. The van der Waals surface area contributed by atoms with E-state index in [0.29, 0.717) is 18.4 Å². The van der Waals surface area contributed by atoms with Gasteiger partial charge in [-0.2, -0.15) is 0 Å². The summed E-state index contributed by atoms with van der Waals surface area (Å²) in [4.78, 5) is 56.7. The van der Waals surface area contributed by atoms with Gasteiger partial charge in [-0.05, 0) is 43.9 Å². The second kappa shape index (κ2) is 9.21. The van der Waals surface area contributed by atoms with Gasteiger partial charge in [-0.15, -0.1) is 0 Å². The number of hydrogen-bond donors (Lipinski definition) is 2. The van der Waals surface area contributed by atoms with Crippen molar-refractivity contribution in [2.24, 2.45) is 0 Å². The number of aromatic hydroxyl groups is 1. The van der Waals surface area contributed by atoms with Crippen molar-refractivity contribution >= 4 is 17.6 Å². The number of hydrogen-bond acceptors (Lipinski definition) is 7. The zero-order chi connectivity index (χ0) is 25.5. The number of halogens is 1. The Balaban J connectivity index is 1.74. The van der Waals surface area contributed by atoms with Crippen molar-refractivity contribution in [2.75, 3.05) is 20.7 Å². The number of nitrogens with zero attached hydrogens (tertiary/aromatic N) is 3. The van der Waals surface area contributed by atoms with Crippen LogP contribution >= 0.6 is 0 Å². The Hall–Kier alpha value is -3.60. The van der Waals surface area contributed by atoms with Gasteiger partial charge in [0.05, 0.1) is 18.8 Å². The number of carbonyl (C=O) groups excluding carboxylic acids is 3. The van der Waals surface area contributed by atoms with Crippen molar-refractivity contribution in [1.82, 2.24) is 19.8 Å². The predicted molar refractivity (Wildman–Crippen MR) is 121 cm³/mol. The molecule has 5 rings (SSSR count). The van der Waals surface area contributed by atoms with Gasteiger partial charge in [-0.3, -0.25) is 23.7 Å². The van der Waals surface area contributed by atoms with E-state index in [-0.39, 0.29) is 31.4 Å². The molecule has 2 aromatic rings. The molecule has 3 aliphatic rings. The largest absolute Gasteiger partial charge is 0.501 e. The molecule has 0 radical (unpaired) electrons. The van der Waals surface area contributed by atoms with Gasteiger partial charge in [-0.1, -0.05) is 12.1 Å². The molecule has 3 unspecified atom stereocenters. The molecule has 2 amide bonds. The zero-order valence-electron chi connectivity index (χ0n) is 19.7.